The van der Waals surface area contributed by atoms with Crippen LogP contribution < -0.4 is 14.8 Å². The monoisotopic (exact) mass is 421 g/mol. The standard InChI is InChI=1S/C24H23NO6/c1-15(26)24(31-16(2)27,23(28)25-18-8-6-5-7-9-18)22-20-12-11-19(29-3)14-17(20)10-13-21(22)30-4/h5-14H,1-4H3,(H,25,28). The average molecular weight is 421 g/mol. The Labute approximate surface area is 179 Å². The fourth-order valence-electron chi connectivity index (χ4n) is 3.52. The first-order valence-corrected chi connectivity index (χ1v) is 9.55. The first-order valence-electron chi connectivity index (χ1n) is 9.55. The Morgan fingerprint density at radius 3 is 2.16 bits per heavy atom. The van der Waals surface area contributed by atoms with Crippen molar-refractivity contribution in [2.45, 2.75) is 19.4 Å². The van der Waals surface area contributed by atoms with Gasteiger partial charge < -0.3 is 19.5 Å². The lowest BCUT2D eigenvalue weighted by atomic mass is 9.84. The summed E-state index contributed by atoms with van der Waals surface area (Å²) in [5.41, 5.74) is -1.67. The fraction of sp³-hybridized carbons (Fsp3) is 0.208. The van der Waals surface area contributed by atoms with Gasteiger partial charge in [-0.2, -0.15) is 0 Å². The van der Waals surface area contributed by atoms with Gasteiger partial charge in [0.15, 0.2) is 5.78 Å². The van der Waals surface area contributed by atoms with Gasteiger partial charge in [0.25, 0.3) is 11.5 Å². The van der Waals surface area contributed by atoms with Crippen LogP contribution in [0.3, 0.4) is 0 Å². The smallest absolute Gasteiger partial charge is 0.304 e. The summed E-state index contributed by atoms with van der Waals surface area (Å²) < 4.78 is 16.3. The number of esters is 1. The maximum absolute atomic E-state index is 13.6. The Balaban J connectivity index is 2.33. The molecule has 0 aromatic heterocycles. The van der Waals surface area contributed by atoms with Crippen LogP contribution >= 0.6 is 0 Å². The maximum Gasteiger partial charge on any atom is 0.304 e. The van der Waals surface area contributed by atoms with Crippen LogP contribution in [0.25, 0.3) is 10.8 Å². The lowest BCUT2D eigenvalue weighted by Crippen LogP contribution is -2.49. The molecule has 0 spiro atoms. The minimum absolute atomic E-state index is 0.145. The number of methoxy groups -OCH3 is 2. The number of Topliss-reactive ketones (excluding diaryl/α,β-unsaturated/α-hetero) is 1. The van der Waals surface area contributed by atoms with Crippen LogP contribution in [0.1, 0.15) is 19.4 Å². The van der Waals surface area contributed by atoms with E-state index in [0.717, 1.165) is 6.92 Å². The van der Waals surface area contributed by atoms with Crippen LogP contribution in [-0.4, -0.2) is 31.9 Å². The van der Waals surface area contributed by atoms with E-state index in [2.05, 4.69) is 5.32 Å². The molecule has 1 atom stereocenters. The molecule has 1 N–H and O–H groups in total. The Morgan fingerprint density at radius 2 is 1.58 bits per heavy atom. The quantitative estimate of drug-likeness (QED) is 0.460. The van der Waals surface area contributed by atoms with Gasteiger partial charge in [0.1, 0.15) is 11.5 Å². The van der Waals surface area contributed by atoms with Crippen molar-refractivity contribution in [1.29, 1.82) is 0 Å². The van der Waals surface area contributed by atoms with Gasteiger partial charge in [0.2, 0.25) is 0 Å². The zero-order valence-corrected chi connectivity index (χ0v) is 17.7. The molecule has 0 saturated heterocycles. The van der Waals surface area contributed by atoms with E-state index in [-0.39, 0.29) is 11.3 Å². The fourth-order valence-corrected chi connectivity index (χ4v) is 3.52. The largest absolute Gasteiger partial charge is 0.497 e. The number of anilines is 1. The number of carbonyl (C=O) groups is 3. The highest BCUT2D eigenvalue weighted by Gasteiger charge is 2.51. The number of benzene rings is 3. The van der Waals surface area contributed by atoms with Crippen molar-refractivity contribution in [3.05, 3.63) is 66.2 Å². The van der Waals surface area contributed by atoms with Gasteiger partial charge in [-0.05, 0) is 48.0 Å². The van der Waals surface area contributed by atoms with E-state index in [1.807, 2.05) is 0 Å². The van der Waals surface area contributed by atoms with E-state index in [0.29, 0.717) is 22.2 Å². The molecule has 3 aromatic rings. The third-order valence-corrected chi connectivity index (χ3v) is 4.90. The van der Waals surface area contributed by atoms with Crippen LogP contribution in [0.4, 0.5) is 5.69 Å². The molecule has 0 heterocycles. The third kappa shape index (κ3) is 4.07. The number of nitrogens with one attached hydrogen (secondary N) is 1. The topological polar surface area (TPSA) is 90.9 Å². The number of ether oxygens (including phenoxy) is 3. The number of hydrogen-bond acceptors (Lipinski definition) is 6. The van der Waals surface area contributed by atoms with Crippen molar-refractivity contribution >= 4 is 34.1 Å². The van der Waals surface area contributed by atoms with Gasteiger partial charge in [-0.25, -0.2) is 0 Å². The summed E-state index contributed by atoms with van der Waals surface area (Å²) in [6.45, 7) is 2.35. The average Bonchev–Trinajstić information content (AvgIpc) is 2.76. The van der Waals surface area contributed by atoms with Crippen molar-refractivity contribution in [3.63, 3.8) is 0 Å². The molecule has 1 unspecified atom stereocenters. The molecule has 1 amide bonds. The van der Waals surface area contributed by atoms with Crippen molar-refractivity contribution < 1.29 is 28.6 Å². The molecule has 0 aliphatic rings. The summed E-state index contributed by atoms with van der Waals surface area (Å²) >= 11 is 0. The van der Waals surface area contributed by atoms with Gasteiger partial charge in [-0.15, -0.1) is 0 Å². The molecule has 7 heteroatoms. The molecular formula is C24H23NO6. The van der Waals surface area contributed by atoms with E-state index < -0.39 is 23.3 Å². The summed E-state index contributed by atoms with van der Waals surface area (Å²) in [5, 5.41) is 3.88. The van der Waals surface area contributed by atoms with Gasteiger partial charge in [0.05, 0.1) is 19.8 Å². The number of para-hydroxylation sites is 1. The van der Waals surface area contributed by atoms with Crippen LogP contribution in [-0.2, 0) is 24.7 Å². The molecular weight excluding hydrogens is 398 g/mol. The number of rotatable bonds is 7. The molecule has 0 fully saturated rings. The summed E-state index contributed by atoms with van der Waals surface area (Å²) in [5.74, 6) is -1.43. The van der Waals surface area contributed by atoms with Crippen molar-refractivity contribution in [1.82, 2.24) is 0 Å². The van der Waals surface area contributed by atoms with E-state index in [1.165, 1.54) is 21.1 Å². The number of fused-ring (bicyclic) bond motifs is 1. The minimum atomic E-state index is -2.26. The van der Waals surface area contributed by atoms with E-state index in [1.54, 1.807) is 60.7 Å². The Hall–Kier alpha value is -3.87. The second kappa shape index (κ2) is 8.87. The second-order valence-corrected chi connectivity index (χ2v) is 6.88. The van der Waals surface area contributed by atoms with Crippen LogP contribution in [0, 0.1) is 0 Å². The van der Waals surface area contributed by atoms with Crippen molar-refractivity contribution in [2.75, 3.05) is 19.5 Å². The zero-order chi connectivity index (χ0) is 22.6. The second-order valence-electron chi connectivity index (χ2n) is 6.88. The molecule has 0 aliphatic carbocycles. The Kier molecular flexibility index (Phi) is 6.25. The SMILES string of the molecule is COc1ccc2c(C(OC(C)=O)(C(C)=O)C(=O)Nc3ccccc3)c(OC)ccc2c1. The minimum Gasteiger partial charge on any atom is -0.497 e. The summed E-state index contributed by atoms with van der Waals surface area (Å²) in [7, 11) is 2.96. The highest BCUT2D eigenvalue weighted by molar-refractivity contribution is 6.18. The highest BCUT2D eigenvalue weighted by atomic mass is 16.6. The number of carbonyl (C=O) groups excluding carboxylic acids is 3. The summed E-state index contributed by atoms with van der Waals surface area (Å²) in [6.07, 6.45) is 0. The van der Waals surface area contributed by atoms with Crippen LogP contribution in [0.15, 0.2) is 60.7 Å². The maximum atomic E-state index is 13.6. The van der Waals surface area contributed by atoms with E-state index in [4.69, 9.17) is 14.2 Å². The van der Waals surface area contributed by atoms with Crippen LogP contribution in [0.5, 0.6) is 11.5 Å². The van der Waals surface area contributed by atoms with Gasteiger partial charge in [-0.3, -0.25) is 14.4 Å². The molecule has 31 heavy (non-hydrogen) atoms. The molecule has 0 aliphatic heterocycles. The van der Waals surface area contributed by atoms with Gasteiger partial charge >= 0.3 is 5.97 Å². The molecule has 160 valence electrons. The molecule has 3 rings (SSSR count). The third-order valence-electron chi connectivity index (χ3n) is 4.90. The molecule has 0 saturated carbocycles. The number of amides is 1. The van der Waals surface area contributed by atoms with Crippen molar-refractivity contribution in [2.24, 2.45) is 0 Å². The van der Waals surface area contributed by atoms with Crippen molar-refractivity contribution in [3.8, 4) is 11.5 Å². The normalized spacial score (nSPS) is 12.5. The number of hydrogen-bond donors (Lipinski definition) is 1. The van der Waals surface area contributed by atoms with E-state index >= 15 is 0 Å². The van der Waals surface area contributed by atoms with Gasteiger partial charge in [0, 0.05) is 12.6 Å². The molecule has 7 nitrogen and oxygen atoms in total. The molecule has 0 radical (unpaired) electrons. The number of ketones is 1. The summed E-state index contributed by atoms with van der Waals surface area (Å²) in [6, 6.07) is 17.1. The Morgan fingerprint density at radius 1 is 0.871 bits per heavy atom. The predicted octanol–water partition coefficient (Wildman–Crippen LogP) is 3.84. The summed E-state index contributed by atoms with van der Waals surface area (Å²) in [4.78, 5) is 38.7. The lowest BCUT2D eigenvalue weighted by molar-refractivity contribution is -0.171. The highest BCUT2D eigenvalue weighted by Crippen LogP contribution is 2.41. The Bertz CT molecular complexity index is 1140. The lowest BCUT2D eigenvalue weighted by Gasteiger charge is -2.32. The predicted molar refractivity (Wildman–Crippen MR) is 116 cm³/mol. The van der Waals surface area contributed by atoms with Gasteiger partial charge in [-0.1, -0.05) is 30.3 Å². The molecule has 0 bridgehead atoms. The molecule has 3 aromatic carbocycles. The van der Waals surface area contributed by atoms with Crippen LogP contribution in [0.2, 0.25) is 0 Å². The van der Waals surface area contributed by atoms with E-state index in [9.17, 15) is 14.4 Å². The zero-order valence-electron chi connectivity index (χ0n) is 17.7. The first-order chi connectivity index (χ1) is 14.8. The first kappa shape index (κ1) is 21.8.